The summed E-state index contributed by atoms with van der Waals surface area (Å²) in [6, 6.07) is 7.75. The molecule has 4 heteroatoms. The molecule has 0 fully saturated rings. The average Bonchev–Trinajstić information content (AvgIpc) is 2.34. The van der Waals surface area contributed by atoms with E-state index in [0.717, 1.165) is 28.1 Å². The van der Waals surface area contributed by atoms with E-state index in [-0.39, 0.29) is 5.56 Å². The molecule has 1 aromatic heterocycles. The van der Waals surface area contributed by atoms with Gasteiger partial charge in [0.25, 0.3) is 5.56 Å². The number of rotatable bonds is 3. The SMILES string of the molecule is COc1ccc(Cc2cc(C)n[nH]c2=O)cc1C. The second-order valence-electron chi connectivity index (χ2n) is 4.34. The van der Waals surface area contributed by atoms with Gasteiger partial charge in [-0.15, -0.1) is 0 Å². The van der Waals surface area contributed by atoms with Crippen molar-refractivity contribution in [3.63, 3.8) is 0 Å². The van der Waals surface area contributed by atoms with Gasteiger partial charge < -0.3 is 4.74 Å². The van der Waals surface area contributed by atoms with Crippen molar-refractivity contribution in [2.24, 2.45) is 0 Å². The third kappa shape index (κ3) is 2.59. The van der Waals surface area contributed by atoms with E-state index in [1.165, 1.54) is 0 Å². The molecule has 0 saturated carbocycles. The lowest BCUT2D eigenvalue weighted by atomic mass is 10.0. The first kappa shape index (κ1) is 12.4. The molecule has 94 valence electrons. The molecule has 2 rings (SSSR count). The molecular formula is C14H16N2O2. The van der Waals surface area contributed by atoms with E-state index in [4.69, 9.17) is 4.74 Å². The number of ether oxygens (including phenoxy) is 1. The first-order valence-corrected chi connectivity index (χ1v) is 5.79. The van der Waals surface area contributed by atoms with Crippen LogP contribution >= 0.6 is 0 Å². The zero-order valence-electron chi connectivity index (χ0n) is 10.8. The normalized spacial score (nSPS) is 10.4. The lowest BCUT2D eigenvalue weighted by Crippen LogP contribution is -2.15. The summed E-state index contributed by atoms with van der Waals surface area (Å²) < 4.78 is 5.22. The number of hydrogen-bond acceptors (Lipinski definition) is 3. The fraction of sp³-hybridized carbons (Fsp3) is 0.286. The Labute approximate surface area is 106 Å². The number of methoxy groups -OCH3 is 1. The molecule has 18 heavy (non-hydrogen) atoms. The van der Waals surface area contributed by atoms with Crippen molar-refractivity contribution >= 4 is 0 Å². The molecule has 0 bridgehead atoms. The van der Waals surface area contributed by atoms with E-state index in [2.05, 4.69) is 10.2 Å². The van der Waals surface area contributed by atoms with Crippen molar-refractivity contribution in [3.05, 3.63) is 57.0 Å². The van der Waals surface area contributed by atoms with E-state index in [1.807, 2.05) is 38.1 Å². The summed E-state index contributed by atoms with van der Waals surface area (Å²) in [6.07, 6.45) is 0.601. The molecule has 4 nitrogen and oxygen atoms in total. The Morgan fingerprint density at radius 3 is 2.72 bits per heavy atom. The van der Waals surface area contributed by atoms with Gasteiger partial charge in [-0.3, -0.25) is 4.79 Å². The molecule has 0 aliphatic rings. The highest BCUT2D eigenvalue weighted by Gasteiger charge is 2.05. The standard InChI is InChI=1S/C14H16N2O2/c1-9-6-11(4-5-13(9)18-3)8-12-7-10(2)15-16-14(12)17/h4-7H,8H2,1-3H3,(H,16,17). The van der Waals surface area contributed by atoms with Gasteiger partial charge in [0.2, 0.25) is 0 Å². The fourth-order valence-electron chi connectivity index (χ4n) is 1.96. The Hall–Kier alpha value is -2.10. The number of nitrogens with one attached hydrogen (secondary N) is 1. The zero-order valence-corrected chi connectivity index (χ0v) is 10.8. The number of nitrogens with zero attached hydrogens (tertiary/aromatic N) is 1. The molecule has 0 aliphatic heterocycles. The Morgan fingerprint density at radius 2 is 2.06 bits per heavy atom. The van der Waals surface area contributed by atoms with Crippen molar-refractivity contribution in [1.82, 2.24) is 10.2 Å². The summed E-state index contributed by atoms with van der Waals surface area (Å²) in [5.41, 5.74) is 3.57. The minimum Gasteiger partial charge on any atom is -0.496 e. The van der Waals surface area contributed by atoms with Crippen molar-refractivity contribution in [2.45, 2.75) is 20.3 Å². The monoisotopic (exact) mass is 244 g/mol. The van der Waals surface area contributed by atoms with Crippen LogP contribution in [-0.2, 0) is 6.42 Å². The second-order valence-corrected chi connectivity index (χ2v) is 4.34. The lowest BCUT2D eigenvalue weighted by molar-refractivity contribution is 0.411. The van der Waals surface area contributed by atoms with Crippen LogP contribution in [0.2, 0.25) is 0 Å². The summed E-state index contributed by atoms with van der Waals surface area (Å²) in [5.74, 6) is 0.860. The van der Waals surface area contributed by atoms with Crippen LogP contribution in [0.3, 0.4) is 0 Å². The van der Waals surface area contributed by atoms with Crippen LogP contribution in [0.25, 0.3) is 0 Å². The molecule has 0 radical (unpaired) electrons. The van der Waals surface area contributed by atoms with Gasteiger partial charge >= 0.3 is 0 Å². The third-order valence-corrected chi connectivity index (χ3v) is 2.86. The maximum atomic E-state index is 11.6. The van der Waals surface area contributed by atoms with Crippen LogP contribution in [0.15, 0.2) is 29.1 Å². The Balaban J connectivity index is 2.31. The molecule has 1 aromatic carbocycles. The van der Waals surface area contributed by atoms with Crippen molar-refractivity contribution in [1.29, 1.82) is 0 Å². The van der Waals surface area contributed by atoms with Crippen LogP contribution in [-0.4, -0.2) is 17.3 Å². The van der Waals surface area contributed by atoms with Gasteiger partial charge in [-0.2, -0.15) is 5.10 Å². The van der Waals surface area contributed by atoms with Crippen LogP contribution in [0.5, 0.6) is 5.75 Å². The molecule has 0 spiro atoms. The number of aromatic amines is 1. The maximum Gasteiger partial charge on any atom is 0.267 e. The van der Waals surface area contributed by atoms with Gasteiger partial charge in [0, 0.05) is 12.0 Å². The highest BCUT2D eigenvalue weighted by molar-refractivity contribution is 5.38. The predicted molar refractivity (Wildman–Crippen MR) is 70.1 cm³/mol. The van der Waals surface area contributed by atoms with Crippen LogP contribution < -0.4 is 10.3 Å². The summed E-state index contributed by atoms with van der Waals surface area (Å²) in [4.78, 5) is 11.6. The minimum absolute atomic E-state index is 0.130. The lowest BCUT2D eigenvalue weighted by Gasteiger charge is -2.07. The van der Waals surface area contributed by atoms with E-state index < -0.39 is 0 Å². The Kier molecular flexibility index (Phi) is 3.46. The van der Waals surface area contributed by atoms with Crippen molar-refractivity contribution in [2.75, 3.05) is 7.11 Å². The molecule has 0 unspecified atom stereocenters. The molecule has 0 saturated heterocycles. The van der Waals surface area contributed by atoms with Gasteiger partial charge in [0.05, 0.1) is 12.8 Å². The summed E-state index contributed by atoms with van der Waals surface area (Å²) >= 11 is 0. The molecule has 0 atom stereocenters. The molecule has 1 heterocycles. The van der Waals surface area contributed by atoms with E-state index >= 15 is 0 Å². The number of H-pyrrole nitrogens is 1. The Bertz CT molecular complexity index is 617. The Morgan fingerprint density at radius 1 is 1.28 bits per heavy atom. The molecule has 0 amide bonds. The average molecular weight is 244 g/mol. The zero-order chi connectivity index (χ0) is 13.1. The largest absolute Gasteiger partial charge is 0.496 e. The summed E-state index contributed by atoms with van der Waals surface area (Å²) in [6.45, 7) is 3.85. The topological polar surface area (TPSA) is 55.0 Å². The van der Waals surface area contributed by atoms with Gasteiger partial charge in [-0.05, 0) is 37.1 Å². The highest BCUT2D eigenvalue weighted by atomic mass is 16.5. The maximum absolute atomic E-state index is 11.6. The molecular weight excluding hydrogens is 228 g/mol. The third-order valence-electron chi connectivity index (χ3n) is 2.86. The highest BCUT2D eigenvalue weighted by Crippen LogP contribution is 2.19. The number of hydrogen-bond donors (Lipinski definition) is 1. The van der Waals surface area contributed by atoms with Crippen LogP contribution in [0.4, 0.5) is 0 Å². The van der Waals surface area contributed by atoms with E-state index in [9.17, 15) is 4.79 Å². The number of aromatic nitrogens is 2. The molecule has 0 aliphatic carbocycles. The van der Waals surface area contributed by atoms with Gasteiger partial charge in [-0.25, -0.2) is 5.10 Å². The quantitative estimate of drug-likeness (QED) is 0.898. The summed E-state index contributed by atoms with van der Waals surface area (Å²) in [7, 11) is 1.65. The van der Waals surface area contributed by atoms with Crippen molar-refractivity contribution < 1.29 is 4.74 Å². The van der Waals surface area contributed by atoms with Gasteiger partial charge in [0.15, 0.2) is 0 Å². The fourth-order valence-corrected chi connectivity index (χ4v) is 1.96. The smallest absolute Gasteiger partial charge is 0.267 e. The second kappa shape index (κ2) is 5.04. The van der Waals surface area contributed by atoms with Crippen LogP contribution in [0, 0.1) is 13.8 Å². The predicted octanol–water partition coefficient (Wildman–Crippen LogP) is 1.99. The van der Waals surface area contributed by atoms with Gasteiger partial charge in [-0.1, -0.05) is 12.1 Å². The van der Waals surface area contributed by atoms with Crippen LogP contribution in [0.1, 0.15) is 22.4 Å². The van der Waals surface area contributed by atoms with E-state index in [1.54, 1.807) is 7.11 Å². The molecule has 2 aromatic rings. The number of benzene rings is 1. The minimum atomic E-state index is -0.130. The van der Waals surface area contributed by atoms with Gasteiger partial charge in [0.1, 0.15) is 5.75 Å². The first-order chi connectivity index (χ1) is 8.60. The van der Waals surface area contributed by atoms with E-state index in [0.29, 0.717) is 6.42 Å². The summed E-state index contributed by atoms with van der Waals surface area (Å²) in [5, 5.41) is 6.36. The number of aryl methyl sites for hydroxylation is 2. The first-order valence-electron chi connectivity index (χ1n) is 5.79. The molecule has 1 N–H and O–H groups in total. The van der Waals surface area contributed by atoms with Crippen molar-refractivity contribution in [3.8, 4) is 5.75 Å².